The average molecular weight is 250 g/mol. The van der Waals surface area contributed by atoms with Crippen molar-refractivity contribution >= 4 is 17.3 Å². The first-order chi connectivity index (χ1) is 8.15. The minimum absolute atomic E-state index is 0.218. The van der Waals surface area contributed by atoms with E-state index >= 15 is 0 Å². The lowest BCUT2D eigenvalue weighted by Gasteiger charge is -2.06. The lowest BCUT2D eigenvalue weighted by atomic mass is 10.1. The van der Waals surface area contributed by atoms with E-state index in [9.17, 15) is 9.59 Å². The van der Waals surface area contributed by atoms with E-state index < -0.39 is 11.5 Å². The summed E-state index contributed by atoms with van der Waals surface area (Å²) >= 11 is 1.38. The predicted molar refractivity (Wildman–Crippen MR) is 64.4 cm³/mol. The highest BCUT2D eigenvalue weighted by Crippen LogP contribution is 2.25. The second-order valence-corrected chi connectivity index (χ2v) is 4.28. The van der Waals surface area contributed by atoms with E-state index in [4.69, 9.17) is 5.11 Å². The number of rotatable bonds is 3. The van der Waals surface area contributed by atoms with Crippen LogP contribution in [-0.4, -0.2) is 20.9 Å². The molecule has 0 aliphatic carbocycles. The van der Waals surface area contributed by atoms with Crippen molar-refractivity contribution in [2.45, 2.75) is 13.5 Å². The maximum absolute atomic E-state index is 11.9. The highest BCUT2D eigenvalue weighted by Gasteiger charge is 2.19. The molecule has 88 valence electrons. The van der Waals surface area contributed by atoms with Gasteiger partial charge >= 0.3 is 5.97 Å². The molecular formula is C11H10N2O3S. The summed E-state index contributed by atoms with van der Waals surface area (Å²) in [6.07, 6.45) is 1.43. The highest BCUT2D eigenvalue weighted by molar-refractivity contribution is 7.13. The number of aromatic carboxylic acids is 1. The molecule has 0 saturated heterocycles. The van der Waals surface area contributed by atoms with Crippen LogP contribution in [0.4, 0.5) is 0 Å². The summed E-state index contributed by atoms with van der Waals surface area (Å²) in [6, 6.07) is 3.57. The molecule has 0 aliphatic heterocycles. The van der Waals surface area contributed by atoms with Gasteiger partial charge in [0.1, 0.15) is 5.56 Å². The summed E-state index contributed by atoms with van der Waals surface area (Å²) < 4.78 is 1.14. The van der Waals surface area contributed by atoms with Crippen LogP contribution in [0.5, 0.6) is 0 Å². The van der Waals surface area contributed by atoms with Crippen molar-refractivity contribution in [3.8, 4) is 10.4 Å². The Labute approximate surface area is 101 Å². The van der Waals surface area contributed by atoms with E-state index in [1.54, 1.807) is 19.1 Å². The normalized spacial score (nSPS) is 10.4. The Morgan fingerprint density at radius 2 is 2.35 bits per heavy atom. The number of hydrogen-bond acceptors (Lipinski definition) is 4. The molecule has 2 aromatic rings. The standard InChI is InChI=1S/C11H10N2O3S/c1-2-13-10(14)9(11(15)16)7(6-12-13)8-4-3-5-17-8/h3-6H,2H2,1H3,(H,15,16). The van der Waals surface area contributed by atoms with Crippen LogP contribution in [0.1, 0.15) is 17.3 Å². The van der Waals surface area contributed by atoms with Crippen molar-refractivity contribution in [2.75, 3.05) is 0 Å². The molecule has 0 amide bonds. The molecule has 0 aromatic carbocycles. The molecule has 17 heavy (non-hydrogen) atoms. The van der Waals surface area contributed by atoms with Crippen LogP contribution in [0.15, 0.2) is 28.5 Å². The van der Waals surface area contributed by atoms with Crippen molar-refractivity contribution in [1.82, 2.24) is 9.78 Å². The SMILES string of the molecule is CCn1ncc(-c2cccs2)c(C(=O)O)c1=O. The monoisotopic (exact) mass is 250 g/mol. The smallest absolute Gasteiger partial charge is 0.342 e. The summed E-state index contributed by atoms with van der Waals surface area (Å²) in [4.78, 5) is 23.8. The fourth-order valence-corrected chi connectivity index (χ4v) is 2.28. The lowest BCUT2D eigenvalue weighted by molar-refractivity contribution is 0.0694. The zero-order chi connectivity index (χ0) is 12.4. The number of carboxylic acids is 1. The summed E-state index contributed by atoms with van der Waals surface area (Å²) in [6.45, 7) is 2.09. The van der Waals surface area contributed by atoms with E-state index in [0.29, 0.717) is 12.1 Å². The van der Waals surface area contributed by atoms with Gasteiger partial charge in [0.25, 0.3) is 5.56 Å². The first kappa shape index (κ1) is 11.5. The summed E-state index contributed by atoms with van der Waals surface area (Å²) in [5.74, 6) is -1.22. The molecule has 0 saturated carbocycles. The average Bonchev–Trinajstić information content (AvgIpc) is 2.81. The van der Waals surface area contributed by atoms with Gasteiger partial charge in [0.05, 0.1) is 6.20 Å². The number of carbonyl (C=O) groups is 1. The number of carboxylic acid groups (broad SMARTS) is 1. The molecule has 6 heteroatoms. The predicted octanol–water partition coefficient (Wildman–Crippen LogP) is 1.69. The largest absolute Gasteiger partial charge is 0.477 e. The Bertz CT molecular complexity index is 602. The van der Waals surface area contributed by atoms with Crippen LogP contribution < -0.4 is 5.56 Å². The Kier molecular flexibility index (Phi) is 3.06. The van der Waals surface area contributed by atoms with Gasteiger partial charge in [0.15, 0.2) is 0 Å². The van der Waals surface area contributed by atoms with Crippen molar-refractivity contribution < 1.29 is 9.90 Å². The van der Waals surface area contributed by atoms with E-state index in [0.717, 1.165) is 9.56 Å². The molecule has 0 fully saturated rings. The fourth-order valence-electron chi connectivity index (χ4n) is 1.54. The Morgan fingerprint density at radius 3 is 2.88 bits per heavy atom. The number of nitrogens with zero attached hydrogens (tertiary/aromatic N) is 2. The minimum atomic E-state index is -1.22. The molecule has 0 unspecified atom stereocenters. The lowest BCUT2D eigenvalue weighted by Crippen LogP contribution is -2.28. The highest BCUT2D eigenvalue weighted by atomic mass is 32.1. The van der Waals surface area contributed by atoms with Crippen LogP contribution in [-0.2, 0) is 6.54 Å². The molecule has 0 bridgehead atoms. The minimum Gasteiger partial charge on any atom is -0.477 e. The zero-order valence-electron chi connectivity index (χ0n) is 9.08. The van der Waals surface area contributed by atoms with Gasteiger partial charge in [0, 0.05) is 17.0 Å². The quantitative estimate of drug-likeness (QED) is 0.899. The van der Waals surface area contributed by atoms with Crippen LogP contribution >= 0.6 is 11.3 Å². The van der Waals surface area contributed by atoms with E-state index in [2.05, 4.69) is 5.10 Å². The van der Waals surface area contributed by atoms with Gasteiger partial charge in [-0.05, 0) is 18.4 Å². The Morgan fingerprint density at radius 1 is 1.59 bits per heavy atom. The van der Waals surface area contributed by atoms with Gasteiger partial charge in [-0.2, -0.15) is 5.10 Å². The Balaban J connectivity index is 2.73. The fraction of sp³-hybridized carbons (Fsp3) is 0.182. The zero-order valence-corrected chi connectivity index (χ0v) is 9.90. The maximum atomic E-state index is 11.9. The second-order valence-electron chi connectivity index (χ2n) is 3.34. The summed E-state index contributed by atoms with van der Waals surface area (Å²) in [5, 5.41) is 14.9. The first-order valence-electron chi connectivity index (χ1n) is 5.02. The van der Waals surface area contributed by atoms with E-state index in [1.807, 2.05) is 5.38 Å². The number of aryl methyl sites for hydroxylation is 1. The van der Waals surface area contributed by atoms with E-state index in [-0.39, 0.29) is 5.56 Å². The second kappa shape index (κ2) is 4.50. The Hall–Kier alpha value is -1.95. The third kappa shape index (κ3) is 1.99. The number of thiophene rings is 1. The van der Waals surface area contributed by atoms with Gasteiger partial charge in [-0.3, -0.25) is 4.79 Å². The molecule has 2 aromatic heterocycles. The number of hydrogen-bond donors (Lipinski definition) is 1. The van der Waals surface area contributed by atoms with Crippen LogP contribution in [0.3, 0.4) is 0 Å². The number of aromatic nitrogens is 2. The van der Waals surface area contributed by atoms with Crippen LogP contribution in [0.2, 0.25) is 0 Å². The maximum Gasteiger partial charge on any atom is 0.342 e. The summed E-state index contributed by atoms with van der Waals surface area (Å²) in [5.41, 5.74) is -0.405. The van der Waals surface area contributed by atoms with Gasteiger partial charge in [-0.25, -0.2) is 9.48 Å². The van der Waals surface area contributed by atoms with Crippen LogP contribution in [0, 0.1) is 0 Å². The first-order valence-corrected chi connectivity index (χ1v) is 5.90. The molecule has 0 aliphatic rings. The summed E-state index contributed by atoms with van der Waals surface area (Å²) in [7, 11) is 0. The van der Waals surface area contributed by atoms with Gasteiger partial charge in [0.2, 0.25) is 0 Å². The van der Waals surface area contributed by atoms with Crippen molar-refractivity contribution in [2.24, 2.45) is 0 Å². The molecule has 0 spiro atoms. The molecule has 2 rings (SSSR count). The molecular weight excluding hydrogens is 240 g/mol. The topological polar surface area (TPSA) is 72.2 Å². The van der Waals surface area contributed by atoms with Crippen molar-refractivity contribution in [3.05, 3.63) is 39.6 Å². The third-order valence-corrected chi connectivity index (χ3v) is 3.25. The molecule has 0 atom stereocenters. The molecule has 0 radical (unpaired) electrons. The van der Waals surface area contributed by atoms with Crippen molar-refractivity contribution in [3.63, 3.8) is 0 Å². The van der Waals surface area contributed by atoms with E-state index in [1.165, 1.54) is 17.5 Å². The molecule has 1 N–H and O–H groups in total. The third-order valence-electron chi connectivity index (χ3n) is 2.34. The molecule has 5 nitrogen and oxygen atoms in total. The van der Waals surface area contributed by atoms with Gasteiger partial charge in [-0.15, -0.1) is 11.3 Å². The molecule has 2 heterocycles. The van der Waals surface area contributed by atoms with Gasteiger partial charge < -0.3 is 5.11 Å². The van der Waals surface area contributed by atoms with Crippen molar-refractivity contribution in [1.29, 1.82) is 0 Å². The van der Waals surface area contributed by atoms with Gasteiger partial charge in [-0.1, -0.05) is 6.07 Å². The van der Waals surface area contributed by atoms with Crippen LogP contribution in [0.25, 0.3) is 10.4 Å².